The number of nitrogens with zero attached hydrogens (tertiary/aromatic N) is 7. The predicted octanol–water partition coefficient (Wildman–Crippen LogP) is 2.39. The van der Waals surface area contributed by atoms with Crippen LogP contribution in [-0.4, -0.2) is 69.9 Å². The third-order valence-electron chi connectivity index (χ3n) is 5.79. The molecule has 3 aromatic rings. The first-order valence-electron chi connectivity index (χ1n) is 10.8. The molecule has 4 rings (SSSR count). The van der Waals surface area contributed by atoms with E-state index in [1.165, 1.54) is 12.1 Å². The van der Waals surface area contributed by atoms with E-state index in [0.717, 1.165) is 37.7 Å². The second-order valence-corrected chi connectivity index (χ2v) is 7.59. The van der Waals surface area contributed by atoms with Crippen LogP contribution in [0.15, 0.2) is 36.4 Å². The van der Waals surface area contributed by atoms with E-state index < -0.39 is 0 Å². The summed E-state index contributed by atoms with van der Waals surface area (Å²) in [5.74, 6) is 1.44. The Balaban J connectivity index is 1.35. The normalized spacial score (nSPS) is 14.3. The predicted molar refractivity (Wildman–Crippen MR) is 118 cm³/mol. The first-order chi connectivity index (χ1) is 15.1. The average molecular weight is 426 g/mol. The molecule has 1 aromatic carbocycles. The number of anilines is 2. The summed E-state index contributed by atoms with van der Waals surface area (Å²) in [6.07, 6.45) is 0.862. The largest absolute Gasteiger partial charge is 0.368 e. The quantitative estimate of drug-likeness (QED) is 0.579. The lowest BCUT2D eigenvalue weighted by atomic mass is 10.2. The van der Waals surface area contributed by atoms with Crippen LogP contribution in [0.3, 0.4) is 0 Å². The summed E-state index contributed by atoms with van der Waals surface area (Å²) in [7, 11) is 0. The number of carbonyl (C=O) groups is 1. The molecule has 0 atom stereocenters. The summed E-state index contributed by atoms with van der Waals surface area (Å²) < 4.78 is 14.9. The van der Waals surface area contributed by atoms with Crippen molar-refractivity contribution in [3.8, 4) is 0 Å². The Kier molecular flexibility index (Phi) is 6.29. The van der Waals surface area contributed by atoms with Crippen molar-refractivity contribution in [2.24, 2.45) is 0 Å². The lowest BCUT2D eigenvalue weighted by Gasteiger charge is -2.36. The standard InChI is InChI=1S/C22H28FN7O/c1-3-27(4-2)21-10-9-19-24-25-20(30(19)26-21)11-12-22(31)29-15-13-28(14-16-29)18-7-5-17(23)6-8-18/h5-10H,3-4,11-16H2,1-2H3. The fraction of sp³-hybridized carbons (Fsp3) is 0.455. The maximum atomic E-state index is 13.1. The molecule has 1 amide bonds. The van der Waals surface area contributed by atoms with Gasteiger partial charge in [0.15, 0.2) is 11.5 Å². The molecule has 1 aliphatic rings. The fourth-order valence-electron chi connectivity index (χ4n) is 3.94. The van der Waals surface area contributed by atoms with E-state index in [9.17, 15) is 9.18 Å². The maximum Gasteiger partial charge on any atom is 0.223 e. The molecule has 1 aliphatic heterocycles. The first-order valence-corrected chi connectivity index (χ1v) is 10.8. The minimum atomic E-state index is -0.239. The highest BCUT2D eigenvalue weighted by atomic mass is 19.1. The van der Waals surface area contributed by atoms with Crippen molar-refractivity contribution in [2.45, 2.75) is 26.7 Å². The Morgan fingerprint density at radius 2 is 1.71 bits per heavy atom. The molecular weight excluding hydrogens is 397 g/mol. The highest BCUT2D eigenvalue weighted by Crippen LogP contribution is 2.18. The van der Waals surface area contributed by atoms with Crippen LogP contribution in [-0.2, 0) is 11.2 Å². The van der Waals surface area contributed by atoms with Crippen LogP contribution in [0.4, 0.5) is 15.9 Å². The number of carbonyl (C=O) groups excluding carboxylic acids is 1. The zero-order chi connectivity index (χ0) is 21.8. The van der Waals surface area contributed by atoms with Crippen molar-refractivity contribution in [3.63, 3.8) is 0 Å². The number of amides is 1. The van der Waals surface area contributed by atoms with E-state index in [1.54, 1.807) is 16.6 Å². The van der Waals surface area contributed by atoms with Crippen molar-refractivity contribution < 1.29 is 9.18 Å². The summed E-state index contributed by atoms with van der Waals surface area (Å²) in [4.78, 5) is 19.0. The van der Waals surface area contributed by atoms with Gasteiger partial charge in [-0.1, -0.05) is 0 Å². The van der Waals surface area contributed by atoms with Gasteiger partial charge in [0.2, 0.25) is 5.91 Å². The van der Waals surface area contributed by atoms with Gasteiger partial charge < -0.3 is 14.7 Å². The molecule has 31 heavy (non-hydrogen) atoms. The number of piperazine rings is 1. The average Bonchev–Trinajstić information content (AvgIpc) is 3.21. The Morgan fingerprint density at radius 1 is 1.00 bits per heavy atom. The number of rotatable bonds is 7. The zero-order valence-electron chi connectivity index (χ0n) is 18.0. The van der Waals surface area contributed by atoms with E-state index >= 15 is 0 Å². The molecule has 0 spiro atoms. The number of fused-ring (bicyclic) bond motifs is 1. The highest BCUT2D eigenvalue weighted by Gasteiger charge is 2.22. The zero-order valence-corrected chi connectivity index (χ0v) is 18.0. The Labute approximate surface area is 181 Å². The van der Waals surface area contributed by atoms with Gasteiger partial charge >= 0.3 is 0 Å². The molecule has 0 bridgehead atoms. The molecule has 0 aliphatic carbocycles. The van der Waals surface area contributed by atoms with Crippen LogP contribution in [0.2, 0.25) is 0 Å². The smallest absolute Gasteiger partial charge is 0.223 e. The summed E-state index contributed by atoms with van der Waals surface area (Å²) >= 11 is 0. The van der Waals surface area contributed by atoms with Gasteiger partial charge in [0, 0.05) is 57.8 Å². The number of aryl methyl sites for hydroxylation is 1. The van der Waals surface area contributed by atoms with E-state index in [2.05, 4.69) is 38.9 Å². The summed E-state index contributed by atoms with van der Waals surface area (Å²) in [6, 6.07) is 10.4. The van der Waals surface area contributed by atoms with E-state index in [-0.39, 0.29) is 11.7 Å². The maximum absolute atomic E-state index is 13.1. The molecule has 1 saturated heterocycles. The highest BCUT2D eigenvalue weighted by molar-refractivity contribution is 5.76. The van der Waals surface area contributed by atoms with Crippen molar-refractivity contribution in [1.82, 2.24) is 24.7 Å². The van der Waals surface area contributed by atoms with Crippen molar-refractivity contribution in [2.75, 3.05) is 49.1 Å². The summed E-state index contributed by atoms with van der Waals surface area (Å²) in [5.41, 5.74) is 1.67. The second kappa shape index (κ2) is 9.28. The number of hydrogen-bond donors (Lipinski definition) is 0. The van der Waals surface area contributed by atoms with E-state index in [4.69, 9.17) is 0 Å². The number of aromatic nitrogens is 4. The molecule has 3 heterocycles. The molecule has 0 saturated carbocycles. The minimum absolute atomic E-state index is 0.107. The Hall–Kier alpha value is -3.23. The van der Waals surface area contributed by atoms with Gasteiger partial charge in [0.1, 0.15) is 11.6 Å². The van der Waals surface area contributed by atoms with Crippen molar-refractivity contribution in [3.05, 3.63) is 48.0 Å². The molecule has 1 fully saturated rings. The van der Waals surface area contributed by atoms with Crippen LogP contribution in [0, 0.1) is 5.82 Å². The molecule has 0 radical (unpaired) electrons. The number of benzene rings is 1. The molecule has 0 unspecified atom stereocenters. The fourth-order valence-corrected chi connectivity index (χ4v) is 3.94. The van der Waals surface area contributed by atoms with Crippen molar-refractivity contribution >= 4 is 23.1 Å². The molecule has 0 N–H and O–H groups in total. The molecule has 8 nitrogen and oxygen atoms in total. The summed E-state index contributed by atoms with van der Waals surface area (Å²) in [6.45, 7) is 8.71. The lowest BCUT2D eigenvalue weighted by Crippen LogP contribution is -2.48. The van der Waals surface area contributed by atoms with Gasteiger partial charge in [0.25, 0.3) is 0 Å². The Bertz CT molecular complexity index is 1020. The van der Waals surface area contributed by atoms with E-state index in [1.807, 2.05) is 17.0 Å². The SMILES string of the molecule is CCN(CC)c1ccc2nnc(CCC(=O)N3CCN(c4ccc(F)cc4)CC3)n2n1. The lowest BCUT2D eigenvalue weighted by molar-refractivity contribution is -0.131. The van der Waals surface area contributed by atoms with Crippen LogP contribution < -0.4 is 9.80 Å². The van der Waals surface area contributed by atoms with Crippen molar-refractivity contribution in [1.29, 1.82) is 0 Å². The third kappa shape index (κ3) is 4.60. The van der Waals surface area contributed by atoms with Gasteiger partial charge in [-0.15, -0.1) is 15.3 Å². The first kappa shape index (κ1) is 21.0. The Morgan fingerprint density at radius 3 is 2.39 bits per heavy atom. The molecule has 164 valence electrons. The second-order valence-electron chi connectivity index (χ2n) is 7.59. The topological polar surface area (TPSA) is 69.9 Å². The molecular formula is C22H28FN7O. The third-order valence-corrected chi connectivity index (χ3v) is 5.79. The molecule has 2 aromatic heterocycles. The van der Waals surface area contributed by atoms with Crippen LogP contribution >= 0.6 is 0 Å². The monoisotopic (exact) mass is 425 g/mol. The van der Waals surface area contributed by atoms with Crippen LogP contribution in [0.5, 0.6) is 0 Å². The van der Waals surface area contributed by atoms with Gasteiger partial charge in [-0.05, 0) is 50.2 Å². The van der Waals surface area contributed by atoms with Gasteiger partial charge in [0.05, 0.1) is 0 Å². The van der Waals surface area contributed by atoms with Gasteiger partial charge in [-0.3, -0.25) is 4.79 Å². The number of hydrogen-bond acceptors (Lipinski definition) is 6. The minimum Gasteiger partial charge on any atom is -0.368 e. The van der Waals surface area contributed by atoms with Gasteiger partial charge in [-0.25, -0.2) is 4.39 Å². The van der Waals surface area contributed by atoms with Gasteiger partial charge in [-0.2, -0.15) is 4.52 Å². The number of halogens is 1. The van der Waals surface area contributed by atoms with E-state index in [0.29, 0.717) is 37.4 Å². The summed E-state index contributed by atoms with van der Waals surface area (Å²) in [5, 5.41) is 13.1. The van der Waals surface area contributed by atoms with Crippen LogP contribution in [0.1, 0.15) is 26.1 Å². The molecule has 9 heteroatoms. The van der Waals surface area contributed by atoms with Crippen LogP contribution in [0.25, 0.3) is 5.65 Å².